The summed E-state index contributed by atoms with van der Waals surface area (Å²) < 4.78 is 0. The van der Waals surface area contributed by atoms with Crippen molar-refractivity contribution < 1.29 is 4.79 Å². The van der Waals surface area contributed by atoms with Gasteiger partial charge in [0.15, 0.2) is 0 Å². The molecule has 4 heteroatoms. The van der Waals surface area contributed by atoms with Crippen LogP contribution in [0.25, 0.3) is 10.8 Å². The summed E-state index contributed by atoms with van der Waals surface area (Å²) in [4.78, 5) is 16.1. The van der Waals surface area contributed by atoms with Gasteiger partial charge in [0.05, 0.1) is 0 Å². The number of rotatable bonds is 6. The number of aromatic nitrogens is 1. The molecule has 0 aliphatic carbocycles. The number of fused-ring (bicyclic) bond motifs is 1. The molecule has 0 aliphatic rings. The van der Waals surface area contributed by atoms with E-state index in [0.717, 1.165) is 23.0 Å². The molecule has 0 saturated heterocycles. The molecule has 0 unspecified atom stereocenters. The van der Waals surface area contributed by atoms with E-state index in [2.05, 4.69) is 27.8 Å². The van der Waals surface area contributed by atoms with Crippen LogP contribution in [0.4, 0.5) is 5.69 Å². The molecule has 0 spiro atoms. The van der Waals surface area contributed by atoms with Crippen molar-refractivity contribution in [1.82, 2.24) is 10.3 Å². The lowest BCUT2D eigenvalue weighted by Crippen LogP contribution is -2.21. The fourth-order valence-electron chi connectivity index (χ4n) is 2.42. The highest BCUT2D eigenvalue weighted by atomic mass is 16.1. The second kappa shape index (κ2) is 7.51. The Bertz CT molecular complexity index is 787. The van der Waals surface area contributed by atoms with Gasteiger partial charge in [0.25, 0.3) is 0 Å². The molecule has 3 rings (SSSR count). The third-order valence-corrected chi connectivity index (χ3v) is 3.63. The average molecular weight is 305 g/mol. The van der Waals surface area contributed by atoms with Gasteiger partial charge >= 0.3 is 0 Å². The van der Waals surface area contributed by atoms with Crippen LogP contribution in [-0.4, -0.2) is 17.4 Å². The van der Waals surface area contributed by atoms with Crippen molar-refractivity contribution in [3.05, 3.63) is 72.6 Å². The van der Waals surface area contributed by atoms with Crippen molar-refractivity contribution in [1.29, 1.82) is 0 Å². The first-order valence-corrected chi connectivity index (χ1v) is 7.69. The minimum atomic E-state index is 0.0129. The number of carbonyl (C=O) groups is 1. The van der Waals surface area contributed by atoms with Crippen LogP contribution in [0.2, 0.25) is 0 Å². The number of amides is 1. The van der Waals surface area contributed by atoms with E-state index in [1.165, 1.54) is 5.56 Å². The van der Waals surface area contributed by atoms with E-state index in [1.54, 1.807) is 6.20 Å². The van der Waals surface area contributed by atoms with Crippen molar-refractivity contribution in [2.45, 2.75) is 13.0 Å². The molecule has 23 heavy (non-hydrogen) atoms. The Morgan fingerprint density at radius 2 is 1.87 bits per heavy atom. The van der Waals surface area contributed by atoms with Crippen LogP contribution in [0.3, 0.4) is 0 Å². The SMILES string of the molecule is O=C(CCNCc1ccccc1)Nc1ccc2cnccc2c1. The van der Waals surface area contributed by atoms with Crippen LogP contribution in [0.5, 0.6) is 0 Å². The molecule has 0 atom stereocenters. The monoisotopic (exact) mass is 305 g/mol. The Hall–Kier alpha value is -2.72. The molecule has 0 saturated carbocycles. The summed E-state index contributed by atoms with van der Waals surface area (Å²) in [6, 6.07) is 17.9. The van der Waals surface area contributed by atoms with Gasteiger partial charge in [-0.2, -0.15) is 0 Å². The number of hydrogen-bond acceptors (Lipinski definition) is 3. The number of hydrogen-bond donors (Lipinski definition) is 2. The predicted molar refractivity (Wildman–Crippen MR) is 93.1 cm³/mol. The lowest BCUT2D eigenvalue weighted by atomic mass is 10.1. The summed E-state index contributed by atoms with van der Waals surface area (Å²) >= 11 is 0. The van der Waals surface area contributed by atoms with Gasteiger partial charge in [0.1, 0.15) is 0 Å². The van der Waals surface area contributed by atoms with E-state index in [0.29, 0.717) is 13.0 Å². The van der Waals surface area contributed by atoms with Gasteiger partial charge in [-0.05, 0) is 29.1 Å². The molecular weight excluding hydrogens is 286 g/mol. The van der Waals surface area contributed by atoms with Crippen LogP contribution in [0.15, 0.2) is 67.0 Å². The Morgan fingerprint density at radius 1 is 1.00 bits per heavy atom. The van der Waals surface area contributed by atoms with E-state index in [4.69, 9.17) is 0 Å². The summed E-state index contributed by atoms with van der Waals surface area (Å²) in [6.07, 6.45) is 4.01. The smallest absolute Gasteiger partial charge is 0.225 e. The van der Waals surface area contributed by atoms with Gasteiger partial charge in [-0.25, -0.2) is 0 Å². The molecule has 0 aliphatic heterocycles. The lowest BCUT2D eigenvalue weighted by Gasteiger charge is -2.07. The van der Waals surface area contributed by atoms with Crippen LogP contribution < -0.4 is 10.6 Å². The normalized spacial score (nSPS) is 10.6. The number of carbonyl (C=O) groups excluding carboxylic acids is 1. The summed E-state index contributed by atoms with van der Waals surface area (Å²) in [5, 5.41) is 8.35. The number of nitrogens with one attached hydrogen (secondary N) is 2. The second-order valence-electron chi connectivity index (χ2n) is 5.40. The maximum absolute atomic E-state index is 12.0. The molecule has 0 fully saturated rings. The van der Waals surface area contributed by atoms with E-state index < -0.39 is 0 Å². The summed E-state index contributed by atoms with van der Waals surface area (Å²) in [6.45, 7) is 1.43. The maximum atomic E-state index is 12.0. The Kier molecular flexibility index (Phi) is 4.96. The van der Waals surface area contributed by atoms with Gasteiger partial charge in [-0.15, -0.1) is 0 Å². The average Bonchev–Trinajstić information content (AvgIpc) is 2.59. The lowest BCUT2D eigenvalue weighted by molar-refractivity contribution is -0.116. The largest absolute Gasteiger partial charge is 0.326 e. The van der Waals surface area contributed by atoms with Crippen LogP contribution >= 0.6 is 0 Å². The molecule has 2 N–H and O–H groups in total. The summed E-state index contributed by atoms with van der Waals surface area (Å²) in [7, 11) is 0. The minimum Gasteiger partial charge on any atom is -0.326 e. The van der Waals surface area contributed by atoms with E-state index >= 15 is 0 Å². The first kappa shape index (κ1) is 15.2. The number of nitrogens with zero attached hydrogens (tertiary/aromatic N) is 1. The van der Waals surface area contributed by atoms with Crippen LogP contribution in [0.1, 0.15) is 12.0 Å². The molecule has 1 heterocycles. The Labute approximate surface area is 135 Å². The number of pyridine rings is 1. The minimum absolute atomic E-state index is 0.0129. The Balaban J connectivity index is 1.46. The maximum Gasteiger partial charge on any atom is 0.225 e. The third kappa shape index (κ3) is 4.37. The molecule has 3 aromatic rings. The van der Waals surface area contributed by atoms with Gasteiger partial charge in [0.2, 0.25) is 5.91 Å². The highest BCUT2D eigenvalue weighted by Gasteiger charge is 2.03. The summed E-state index contributed by atoms with van der Waals surface area (Å²) in [5.74, 6) is 0.0129. The third-order valence-electron chi connectivity index (χ3n) is 3.63. The van der Waals surface area contributed by atoms with Gasteiger partial charge in [-0.3, -0.25) is 9.78 Å². The van der Waals surface area contributed by atoms with E-state index in [1.807, 2.05) is 48.7 Å². The first-order chi connectivity index (χ1) is 11.3. The number of anilines is 1. The zero-order valence-corrected chi connectivity index (χ0v) is 12.8. The van der Waals surface area contributed by atoms with E-state index in [9.17, 15) is 4.79 Å². The Morgan fingerprint density at radius 3 is 2.74 bits per heavy atom. The van der Waals surface area contributed by atoms with Crippen molar-refractivity contribution in [2.24, 2.45) is 0 Å². The molecule has 0 bridgehead atoms. The molecular formula is C19H19N3O. The van der Waals surface area contributed by atoms with Crippen LogP contribution in [0, 0.1) is 0 Å². The van der Waals surface area contributed by atoms with Crippen molar-refractivity contribution in [2.75, 3.05) is 11.9 Å². The summed E-state index contributed by atoms with van der Waals surface area (Å²) in [5.41, 5.74) is 2.04. The molecule has 0 radical (unpaired) electrons. The van der Waals surface area contributed by atoms with Gasteiger partial charge < -0.3 is 10.6 Å². The fourth-order valence-corrected chi connectivity index (χ4v) is 2.42. The second-order valence-corrected chi connectivity index (χ2v) is 5.40. The van der Waals surface area contributed by atoms with Crippen LogP contribution in [-0.2, 0) is 11.3 Å². The van der Waals surface area contributed by atoms with Gasteiger partial charge in [-0.1, -0.05) is 36.4 Å². The zero-order chi connectivity index (χ0) is 15.9. The fraction of sp³-hybridized carbons (Fsp3) is 0.158. The van der Waals surface area contributed by atoms with E-state index in [-0.39, 0.29) is 5.91 Å². The molecule has 1 amide bonds. The van der Waals surface area contributed by atoms with Crippen molar-refractivity contribution >= 4 is 22.4 Å². The number of benzene rings is 2. The highest BCUT2D eigenvalue weighted by molar-refractivity contribution is 5.94. The molecule has 116 valence electrons. The molecule has 2 aromatic carbocycles. The molecule has 1 aromatic heterocycles. The first-order valence-electron chi connectivity index (χ1n) is 7.69. The standard InChI is InChI=1S/C19H19N3O/c23-19(9-11-20-13-15-4-2-1-3-5-15)22-18-7-6-17-14-21-10-8-16(17)12-18/h1-8,10,12,14,20H,9,11,13H2,(H,22,23). The van der Waals surface area contributed by atoms with Crippen molar-refractivity contribution in [3.63, 3.8) is 0 Å². The zero-order valence-electron chi connectivity index (χ0n) is 12.8. The van der Waals surface area contributed by atoms with Crippen molar-refractivity contribution in [3.8, 4) is 0 Å². The highest BCUT2D eigenvalue weighted by Crippen LogP contribution is 2.17. The quantitative estimate of drug-likeness (QED) is 0.687. The predicted octanol–water partition coefficient (Wildman–Crippen LogP) is 3.35. The molecule has 4 nitrogen and oxygen atoms in total. The topological polar surface area (TPSA) is 54.0 Å². The van der Waals surface area contributed by atoms with Gasteiger partial charge in [0, 0.05) is 43.0 Å².